The molecule has 1 unspecified atom stereocenters. The average molecular weight is 307 g/mol. The van der Waals surface area contributed by atoms with Gasteiger partial charge in [0.1, 0.15) is 0 Å². The van der Waals surface area contributed by atoms with E-state index in [2.05, 4.69) is 10.2 Å². The van der Waals surface area contributed by atoms with Crippen molar-refractivity contribution in [3.05, 3.63) is 28.8 Å². The minimum absolute atomic E-state index is 0.316. The molecule has 0 bridgehead atoms. The topological polar surface area (TPSA) is 15.3 Å². The molecular weight excluding hydrogens is 289 g/mol. The van der Waals surface area contributed by atoms with Gasteiger partial charge in [-0.15, -0.1) is 0 Å². The highest BCUT2D eigenvalue weighted by Crippen LogP contribution is 2.33. The number of alkyl halides is 3. The van der Waals surface area contributed by atoms with Crippen LogP contribution in [-0.2, 0) is 6.18 Å². The van der Waals surface area contributed by atoms with Crippen LogP contribution in [0.25, 0.3) is 0 Å². The summed E-state index contributed by atoms with van der Waals surface area (Å²) >= 11 is 5.96. The monoisotopic (exact) mass is 306 g/mol. The van der Waals surface area contributed by atoms with Crippen molar-refractivity contribution < 1.29 is 13.2 Å². The van der Waals surface area contributed by atoms with Gasteiger partial charge in [-0.05, 0) is 44.6 Å². The molecule has 1 atom stereocenters. The maximum Gasteiger partial charge on any atom is 0.416 e. The van der Waals surface area contributed by atoms with Crippen molar-refractivity contribution in [2.24, 2.45) is 0 Å². The van der Waals surface area contributed by atoms with Crippen LogP contribution in [0.4, 0.5) is 18.9 Å². The van der Waals surface area contributed by atoms with Crippen molar-refractivity contribution in [1.29, 1.82) is 0 Å². The molecule has 0 saturated carbocycles. The van der Waals surface area contributed by atoms with Crippen LogP contribution < -0.4 is 5.32 Å². The number of nitrogens with one attached hydrogen (secondary N) is 1. The predicted molar refractivity (Wildman–Crippen MR) is 75.2 cm³/mol. The van der Waals surface area contributed by atoms with Crippen LogP contribution in [-0.4, -0.2) is 31.1 Å². The van der Waals surface area contributed by atoms with Crippen LogP contribution in [0.2, 0.25) is 5.02 Å². The molecular formula is C14H18ClF3N2. The van der Waals surface area contributed by atoms with Crippen LogP contribution in [0, 0.1) is 0 Å². The molecule has 1 N–H and O–H groups in total. The van der Waals surface area contributed by atoms with Gasteiger partial charge in [-0.3, -0.25) is 0 Å². The second kappa shape index (κ2) is 6.22. The number of hydrogen-bond donors (Lipinski definition) is 1. The first kappa shape index (κ1) is 15.4. The van der Waals surface area contributed by atoms with E-state index in [1.165, 1.54) is 12.5 Å². The zero-order valence-electron chi connectivity index (χ0n) is 11.3. The van der Waals surface area contributed by atoms with Crippen LogP contribution >= 0.6 is 11.6 Å². The fraction of sp³-hybridized carbons (Fsp3) is 0.571. The molecule has 1 aromatic carbocycles. The maximum absolute atomic E-state index is 12.7. The van der Waals surface area contributed by atoms with Crippen molar-refractivity contribution in [1.82, 2.24) is 4.90 Å². The Morgan fingerprint density at radius 3 is 2.75 bits per heavy atom. The molecule has 0 spiro atoms. The lowest BCUT2D eigenvalue weighted by molar-refractivity contribution is -0.137. The van der Waals surface area contributed by atoms with Gasteiger partial charge in [-0.1, -0.05) is 18.0 Å². The number of nitrogens with zero attached hydrogens (tertiary/aromatic N) is 1. The van der Waals surface area contributed by atoms with E-state index in [1.54, 1.807) is 0 Å². The molecule has 1 saturated heterocycles. The fourth-order valence-corrected chi connectivity index (χ4v) is 2.65. The average Bonchev–Trinajstić information content (AvgIpc) is 2.38. The lowest BCUT2D eigenvalue weighted by Gasteiger charge is -2.32. The summed E-state index contributed by atoms with van der Waals surface area (Å²) in [6, 6.07) is 3.71. The van der Waals surface area contributed by atoms with Crippen LogP contribution in [0.5, 0.6) is 0 Å². The molecule has 20 heavy (non-hydrogen) atoms. The van der Waals surface area contributed by atoms with Crippen molar-refractivity contribution >= 4 is 17.3 Å². The number of hydrogen-bond acceptors (Lipinski definition) is 2. The number of halogens is 4. The Bertz CT molecular complexity index is 462. The number of likely N-dealkylation sites (N-methyl/N-ethyl adjacent to an activating group) is 1. The minimum Gasteiger partial charge on any atom is -0.382 e. The maximum atomic E-state index is 12.7. The predicted octanol–water partition coefficient (Wildman–Crippen LogP) is 4.26. The molecule has 1 aromatic rings. The quantitative estimate of drug-likeness (QED) is 0.898. The van der Waals surface area contributed by atoms with E-state index in [1.807, 2.05) is 7.05 Å². The summed E-state index contributed by atoms with van der Waals surface area (Å²) in [7, 11) is 2.04. The molecule has 0 aliphatic carbocycles. The lowest BCUT2D eigenvalue weighted by atomic mass is 10.0. The van der Waals surface area contributed by atoms with Crippen LogP contribution in [0.1, 0.15) is 24.8 Å². The van der Waals surface area contributed by atoms with E-state index in [0.717, 1.165) is 31.5 Å². The minimum atomic E-state index is -4.34. The second-order valence-electron chi connectivity index (χ2n) is 5.20. The summed E-state index contributed by atoms with van der Waals surface area (Å²) in [5.41, 5.74) is -0.332. The smallest absolute Gasteiger partial charge is 0.382 e. The molecule has 1 aliphatic heterocycles. The molecule has 0 radical (unpaired) electrons. The van der Waals surface area contributed by atoms with E-state index < -0.39 is 11.7 Å². The van der Waals surface area contributed by atoms with Gasteiger partial charge in [0.05, 0.1) is 16.3 Å². The van der Waals surface area contributed by atoms with Crippen molar-refractivity contribution in [3.8, 4) is 0 Å². The fourth-order valence-electron chi connectivity index (χ4n) is 2.47. The van der Waals surface area contributed by atoms with Gasteiger partial charge in [-0.2, -0.15) is 13.2 Å². The van der Waals surface area contributed by atoms with Crippen molar-refractivity contribution in [2.75, 3.05) is 25.5 Å². The Kier molecular flexibility index (Phi) is 4.81. The Morgan fingerprint density at radius 2 is 2.10 bits per heavy atom. The first-order chi connectivity index (χ1) is 9.38. The zero-order valence-corrected chi connectivity index (χ0v) is 12.1. The molecule has 1 aliphatic rings. The summed E-state index contributed by atoms with van der Waals surface area (Å²) in [6.45, 7) is 1.64. The van der Waals surface area contributed by atoms with Crippen LogP contribution in [0.15, 0.2) is 18.2 Å². The summed E-state index contributed by atoms with van der Waals surface area (Å²) in [5, 5.41) is 3.37. The van der Waals surface area contributed by atoms with Gasteiger partial charge < -0.3 is 10.2 Å². The Hall–Kier alpha value is -0.940. The second-order valence-corrected chi connectivity index (χ2v) is 5.61. The molecule has 0 amide bonds. The number of rotatable bonds is 3. The van der Waals surface area contributed by atoms with Crippen molar-refractivity contribution in [3.63, 3.8) is 0 Å². The standard InChI is InChI=1S/C14H18ClF3N2/c1-20-7-3-2-4-11(20)9-19-13-8-10(14(16,17)18)5-6-12(13)15/h5-6,8,11,19H,2-4,7,9H2,1H3. The molecule has 6 heteroatoms. The first-order valence-electron chi connectivity index (χ1n) is 6.69. The number of benzene rings is 1. The highest BCUT2D eigenvalue weighted by molar-refractivity contribution is 6.33. The third kappa shape index (κ3) is 3.79. The van der Waals surface area contributed by atoms with E-state index in [-0.39, 0.29) is 0 Å². The summed E-state index contributed by atoms with van der Waals surface area (Å²) in [5.74, 6) is 0. The number of piperidine rings is 1. The van der Waals surface area contributed by atoms with Gasteiger partial charge in [0.2, 0.25) is 0 Å². The summed E-state index contributed by atoms with van der Waals surface area (Å²) in [6.07, 6.45) is -0.951. The van der Waals surface area contributed by atoms with Gasteiger partial charge in [-0.25, -0.2) is 0 Å². The third-order valence-electron chi connectivity index (χ3n) is 3.74. The molecule has 0 aromatic heterocycles. The van der Waals surface area contributed by atoms with Crippen molar-refractivity contribution in [2.45, 2.75) is 31.5 Å². The normalized spacial score (nSPS) is 20.9. The molecule has 2 nitrogen and oxygen atoms in total. The Morgan fingerprint density at radius 1 is 1.35 bits per heavy atom. The van der Waals surface area contributed by atoms with Gasteiger partial charge in [0.15, 0.2) is 0 Å². The summed E-state index contributed by atoms with van der Waals surface area (Å²) < 4.78 is 38.0. The molecule has 2 rings (SSSR count). The highest BCUT2D eigenvalue weighted by Gasteiger charge is 2.31. The van der Waals surface area contributed by atoms with E-state index in [9.17, 15) is 13.2 Å². The van der Waals surface area contributed by atoms with E-state index in [4.69, 9.17) is 11.6 Å². The molecule has 1 fully saturated rings. The Labute approximate surface area is 121 Å². The molecule has 1 heterocycles. The van der Waals surface area contributed by atoms with Gasteiger partial charge in [0.25, 0.3) is 0 Å². The van der Waals surface area contributed by atoms with Gasteiger partial charge >= 0.3 is 6.18 Å². The number of likely N-dealkylation sites (tertiary alicyclic amines) is 1. The zero-order chi connectivity index (χ0) is 14.8. The largest absolute Gasteiger partial charge is 0.416 e. The molecule has 112 valence electrons. The van der Waals surface area contributed by atoms with E-state index >= 15 is 0 Å². The van der Waals surface area contributed by atoms with E-state index in [0.29, 0.717) is 23.3 Å². The third-order valence-corrected chi connectivity index (χ3v) is 4.07. The highest BCUT2D eigenvalue weighted by atomic mass is 35.5. The SMILES string of the molecule is CN1CCCCC1CNc1cc(C(F)(F)F)ccc1Cl. The summed E-state index contributed by atoms with van der Waals surface area (Å²) in [4.78, 5) is 2.23. The van der Waals surface area contributed by atoms with Gasteiger partial charge in [0, 0.05) is 12.6 Å². The van der Waals surface area contributed by atoms with Crippen LogP contribution in [0.3, 0.4) is 0 Å². The Balaban J connectivity index is 2.05. The number of anilines is 1. The first-order valence-corrected chi connectivity index (χ1v) is 7.06. The lowest BCUT2D eigenvalue weighted by Crippen LogP contribution is -2.40.